The number of imidazole rings is 1. The Balaban J connectivity index is 0.000000502. The molecule has 1 aromatic heterocycles. The van der Waals surface area contributed by atoms with E-state index in [1.165, 1.54) is 0 Å². The second-order valence-corrected chi connectivity index (χ2v) is 7.86. The van der Waals surface area contributed by atoms with E-state index in [0.29, 0.717) is 0 Å². The number of rotatable bonds is 4. The van der Waals surface area contributed by atoms with Gasteiger partial charge in [-0.15, -0.1) is 0 Å². The third-order valence-corrected chi connectivity index (χ3v) is 4.94. The van der Waals surface area contributed by atoms with Crippen molar-refractivity contribution in [3.05, 3.63) is 22.8 Å². The maximum Gasteiger partial charge on any atom is 0.472 e. The Morgan fingerprint density at radius 1 is 1.22 bits per heavy atom. The molecule has 0 bridgehead atoms. The molecule has 0 atom stereocenters. The van der Waals surface area contributed by atoms with Crippen LogP contribution >= 0.6 is 10.8 Å². The van der Waals surface area contributed by atoms with Crippen molar-refractivity contribution in [1.82, 2.24) is 4.57 Å². The zero-order valence-corrected chi connectivity index (χ0v) is 13.8. The maximum atomic E-state index is 12.3. The van der Waals surface area contributed by atoms with Gasteiger partial charge in [-0.1, -0.05) is 0 Å². The molecule has 1 aromatic rings. The number of aryl methyl sites for hydroxylation is 2. The van der Waals surface area contributed by atoms with Crippen LogP contribution in [-0.4, -0.2) is 39.8 Å². The fourth-order valence-corrected chi connectivity index (χ4v) is 3.27. The Labute approximate surface area is 131 Å². The summed E-state index contributed by atoms with van der Waals surface area (Å²) >= 11 is 0. The van der Waals surface area contributed by atoms with Crippen LogP contribution in [0.15, 0.2) is 18.7 Å². The van der Waals surface area contributed by atoms with E-state index in [9.17, 15) is 30.4 Å². The fourth-order valence-electron chi connectivity index (χ4n) is 1.08. The van der Waals surface area contributed by atoms with E-state index in [2.05, 4.69) is 24.0 Å². The Morgan fingerprint density at radius 3 is 1.91 bits per heavy atom. The van der Waals surface area contributed by atoms with Crippen LogP contribution in [0.3, 0.4) is 0 Å². The van der Waals surface area contributed by atoms with Gasteiger partial charge < -0.3 is 13.2 Å². The topological polar surface area (TPSA) is 97.5 Å². The molecule has 0 spiro atoms. The molecule has 0 fully saturated rings. The van der Waals surface area contributed by atoms with Gasteiger partial charge in [-0.2, -0.15) is 32.7 Å². The molecule has 1 heterocycles. The first-order chi connectivity index (χ1) is 10.0. The second kappa shape index (κ2) is 7.29. The highest BCUT2D eigenvalue weighted by Crippen LogP contribution is 2.65. The first-order valence-corrected chi connectivity index (χ1v) is 9.06. The van der Waals surface area contributed by atoms with Crippen LogP contribution in [-0.2, 0) is 23.6 Å². The molecule has 0 saturated carbocycles. The minimum Gasteiger partial charge on any atom is -0.434 e. The summed E-state index contributed by atoms with van der Waals surface area (Å²) in [6.45, 7) is 3.18. The van der Waals surface area contributed by atoms with Crippen molar-refractivity contribution in [2.45, 2.75) is 24.9 Å². The molecule has 1 rings (SSSR count). The number of hydrogen-bond acceptors (Lipinski definition) is 4. The highest BCUT2D eigenvalue weighted by Gasteiger charge is 2.63. The summed E-state index contributed by atoms with van der Waals surface area (Å²) < 4.78 is 102. The second-order valence-electron chi connectivity index (χ2n) is 4.25. The van der Waals surface area contributed by atoms with Crippen molar-refractivity contribution in [1.29, 1.82) is 0 Å². The van der Waals surface area contributed by atoms with Crippen LogP contribution in [0.5, 0.6) is 0 Å². The van der Waals surface area contributed by atoms with Crippen LogP contribution < -0.4 is 4.57 Å². The molecule has 7 nitrogen and oxygen atoms in total. The Morgan fingerprint density at radius 2 is 1.70 bits per heavy atom. The van der Waals surface area contributed by atoms with E-state index >= 15 is 0 Å². The van der Waals surface area contributed by atoms with Gasteiger partial charge in [-0.25, -0.2) is 17.6 Å². The smallest absolute Gasteiger partial charge is 0.434 e. The number of halogens is 5. The molecular formula is C9H16F5N3O4S2. The molecule has 0 saturated heterocycles. The summed E-state index contributed by atoms with van der Waals surface area (Å²) in [6.07, 6.45) is -0.0167. The number of nitrogens with zero attached hydrogens (tertiary/aromatic N) is 3. The Kier molecular flexibility index (Phi) is 6.99. The lowest BCUT2D eigenvalue weighted by Crippen LogP contribution is -2.41. The van der Waals surface area contributed by atoms with E-state index in [-0.39, 0.29) is 6.26 Å². The molecule has 0 unspecified atom stereocenters. The maximum absolute atomic E-state index is 12.3. The SMILES string of the molecule is CCn1cc[n+](C)c1.CS(=O)(=O)[N-]S(O)(O)C(F)(F)C(F)(F)F. The summed E-state index contributed by atoms with van der Waals surface area (Å²) in [7, 11) is -8.72. The van der Waals surface area contributed by atoms with Crippen molar-refractivity contribution in [3.8, 4) is 0 Å². The van der Waals surface area contributed by atoms with Crippen molar-refractivity contribution >= 4 is 20.8 Å². The third kappa shape index (κ3) is 6.58. The summed E-state index contributed by atoms with van der Waals surface area (Å²) in [5.41, 5.74) is 0. The van der Waals surface area contributed by atoms with E-state index < -0.39 is 32.2 Å². The van der Waals surface area contributed by atoms with Gasteiger partial charge in [-0.05, 0) is 6.92 Å². The van der Waals surface area contributed by atoms with Gasteiger partial charge in [0.2, 0.25) is 6.33 Å². The number of alkyl halides is 5. The zero-order valence-electron chi connectivity index (χ0n) is 12.2. The van der Waals surface area contributed by atoms with E-state index in [0.717, 1.165) is 6.54 Å². The van der Waals surface area contributed by atoms with Gasteiger partial charge in [0.1, 0.15) is 12.4 Å². The van der Waals surface area contributed by atoms with Gasteiger partial charge in [0, 0.05) is 6.26 Å². The molecule has 2 N–H and O–H groups in total. The molecular weight excluding hydrogens is 373 g/mol. The molecule has 0 aliphatic carbocycles. The molecule has 14 heteroatoms. The molecule has 138 valence electrons. The number of aromatic nitrogens is 2. The van der Waals surface area contributed by atoms with Crippen LogP contribution in [0.2, 0.25) is 0 Å². The highest BCUT2D eigenvalue weighted by atomic mass is 32.3. The monoisotopic (exact) mass is 389 g/mol. The Bertz CT molecular complexity index is 615. The van der Waals surface area contributed by atoms with Gasteiger partial charge in [0.25, 0.3) is 0 Å². The first-order valence-electron chi connectivity index (χ1n) is 5.71. The van der Waals surface area contributed by atoms with E-state index in [1.54, 1.807) is 4.13 Å². The zero-order chi connectivity index (χ0) is 18.7. The van der Waals surface area contributed by atoms with Crippen LogP contribution in [0.1, 0.15) is 6.92 Å². The first kappa shape index (κ1) is 22.0. The molecule has 0 aliphatic rings. The van der Waals surface area contributed by atoms with Crippen LogP contribution in [0, 0.1) is 0 Å². The van der Waals surface area contributed by atoms with Crippen molar-refractivity contribution in [2.75, 3.05) is 6.26 Å². The summed E-state index contributed by atoms with van der Waals surface area (Å²) in [5.74, 6) is 0. The van der Waals surface area contributed by atoms with Crippen LogP contribution in [0.4, 0.5) is 22.0 Å². The van der Waals surface area contributed by atoms with E-state index in [1.807, 2.05) is 17.8 Å². The predicted molar refractivity (Wildman–Crippen MR) is 73.3 cm³/mol. The van der Waals surface area contributed by atoms with Gasteiger partial charge in [0.05, 0.1) is 23.6 Å². The summed E-state index contributed by atoms with van der Waals surface area (Å²) in [6, 6.07) is 0. The minimum absolute atomic E-state index is 0.146. The standard InChI is InChI=1S/C6H11N2.C3H5F5NO4S2/c1-3-8-5-4-7(2)6-8;1-14(10,11)9-15(12,13)3(7,8)2(4,5)6/h4-6H,3H2,1-2H3;12-13H,1H3/q+1;-1. The van der Waals surface area contributed by atoms with Gasteiger partial charge >= 0.3 is 11.4 Å². The third-order valence-electron chi connectivity index (χ3n) is 2.10. The summed E-state index contributed by atoms with van der Waals surface area (Å²) in [4.78, 5) is 0. The largest absolute Gasteiger partial charge is 0.472 e. The van der Waals surface area contributed by atoms with E-state index in [4.69, 9.17) is 9.11 Å². The lowest BCUT2D eigenvalue weighted by Gasteiger charge is -2.49. The molecule has 0 aliphatic heterocycles. The molecule has 0 aromatic carbocycles. The Hall–Kier alpha value is -0.960. The van der Waals surface area contributed by atoms with Crippen molar-refractivity contribution < 1.29 is 44.0 Å². The predicted octanol–water partition coefficient (Wildman–Crippen LogP) is 2.47. The summed E-state index contributed by atoms with van der Waals surface area (Å²) in [5, 5.41) is -6.01. The quantitative estimate of drug-likeness (QED) is 0.611. The van der Waals surface area contributed by atoms with Gasteiger partial charge in [-0.3, -0.25) is 0 Å². The minimum atomic E-state index is -6.31. The lowest BCUT2D eigenvalue weighted by molar-refractivity contribution is -0.671. The van der Waals surface area contributed by atoms with Crippen molar-refractivity contribution in [3.63, 3.8) is 0 Å². The average Bonchev–Trinajstić information content (AvgIpc) is 2.71. The molecule has 0 radical (unpaired) electrons. The molecule has 23 heavy (non-hydrogen) atoms. The fraction of sp³-hybridized carbons (Fsp3) is 0.667. The number of sulfonamides is 1. The average molecular weight is 389 g/mol. The normalized spacial score (nSPS) is 14.2. The highest BCUT2D eigenvalue weighted by molar-refractivity contribution is 8.34. The van der Waals surface area contributed by atoms with Crippen molar-refractivity contribution in [2.24, 2.45) is 7.05 Å². The lowest BCUT2D eigenvalue weighted by atomic mass is 10.7. The molecule has 0 amide bonds. The number of hydrogen-bond donors (Lipinski definition) is 2. The van der Waals surface area contributed by atoms with Crippen LogP contribution in [0.25, 0.3) is 4.13 Å². The van der Waals surface area contributed by atoms with Gasteiger partial charge in [0.15, 0.2) is 0 Å².